The zero-order valence-electron chi connectivity index (χ0n) is 18.6. The normalized spacial score (nSPS) is 11.1. The van der Waals surface area contributed by atoms with Crippen LogP contribution in [0.1, 0.15) is 22.8 Å². The maximum atomic E-state index is 9.61. The molecule has 2 heterocycles. The number of hydrogen-bond acceptors (Lipinski definition) is 9. The van der Waals surface area contributed by atoms with Gasteiger partial charge in [-0.2, -0.15) is 21.0 Å². The van der Waals surface area contributed by atoms with E-state index in [0.29, 0.717) is 43.3 Å². The van der Waals surface area contributed by atoms with Gasteiger partial charge in [-0.3, -0.25) is 0 Å². The Kier molecular flexibility index (Phi) is 3.92. The van der Waals surface area contributed by atoms with E-state index in [4.69, 9.17) is 4.74 Å². The SMILES string of the molecule is N#Cc1nc2c(nc1C#N)=c1cc(Oc3ccccc3)c3c4c(ccc=2c14)=c1nc(C#N)c(C#N)nc1=3. The summed E-state index contributed by atoms with van der Waals surface area (Å²) in [6, 6.07) is 22.6. The highest BCUT2D eigenvalue weighted by Crippen LogP contribution is 2.35. The Morgan fingerprint density at radius 2 is 1.03 bits per heavy atom. The summed E-state index contributed by atoms with van der Waals surface area (Å²) in [4.78, 5) is 18.0. The Labute approximate surface area is 206 Å². The second kappa shape index (κ2) is 7.17. The van der Waals surface area contributed by atoms with Crippen LogP contribution in [0, 0.1) is 87.6 Å². The number of para-hydroxylation sites is 1. The van der Waals surface area contributed by atoms with Crippen molar-refractivity contribution in [2.45, 2.75) is 0 Å². The minimum Gasteiger partial charge on any atom is -0.457 e. The largest absolute Gasteiger partial charge is 0.457 e. The highest BCUT2D eigenvalue weighted by Gasteiger charge is 2.21. The van der Waals surface area contributed by atoms with Crippen LogP contribution in [0.25, 0.3) is 10.8 Å². The highest BCUT2D eigenvalue weighted by atomic mass is 16.5. The lowest BCUT2D eigenvalue weighted by molar-refractivity contribution is 0.479. The zero-order valence-corrected chi connectivity index (χ0v) is 18.6. The third kappa shape index (κ3) is 2.57. The van der Waals surface area contributed by atoms with Crippen molar-refractivity contribution in [2.75, 3.05) is 0 Å². The minimum absolute atomic E-state index is 0.0499. The highest BCUT2D eigenvalue weighted by molar-refractivity contribution is 5.89. The number of rotatable bonds is 2. The van der Waals surface area contributed by atoms with Gasteiger partial charge in [0.15, 0.2) is 22.8 Å². The minimum atomic E-state index is -0.0732. The molecule has 0 fully saturated rings. The fraction of sp³-hybridized carbons (Fsp3) is 0. The van der Waals surface area contributed by atoms with E-state index in [1.807, 2.05) is 72.8 Å². The molecule has 7 rings (SSSR count). The average molecular weight is 472 g/mol. The molecule has 0 radical (unpaired) electrons. The predicted molar refractivity (Wildman–Crippen MR) is 124 cm³/mol. The second-order valence-electron chi connectivity index (χ2n) is 8.31. The molecular weight excluding hydrogens is 464 g/mol. The van der Waals surface area contributed by atoms with Gasteiger partial charge in [0.1, 0.15) is 41.1 Å². The van der Waals surface area contributed by atoms with Crippen LogP contribution in [0.2, 0.25) is 0 Å². The fourth-order valence-corrected chi connectivity index (χ4v) is 4.97. The summed E-state index contributed by atoms with van der Waals surface area (Å²) in [7, 11) is 0. The molecule has 2 aliphatic rings. The van der Waals surface area contributed by atoms with Crippen LogP contribution in [-0.2, 0) is 0 Å². The first-order valence-corrected chi connectivity index (χ1v) is 11.0. The van der Waals surface area contributed by atoms with Crippen molar-refractivity contribution in [3.8, 4) is 35.8 Å². The van der Waals surface area contributed by atoms with E-state index in [1.54, 1.807) is 0 Å². The van der Waals surface area contributed by atoms with Crippen LogP contribution in [-0.4, -0.2) is 19.9 Å². The van der Waals surface area contributed by atoms with Gasteiger partial charge in [0.2, 0.25) is 0 Å². The standard InChI is InChI=1S/C28H8N8O/c29-9-17-18(10-30)35-27-16-8-21(37-13-4-2-1-3-5-13)24-23-15(7-6-14(22(16)23)25(27)33-17)26-28(24)36-20(12-32)19(11-31)34-26/h1-8H. The quantitative estimate of drug-likeness (QED) is 0.367. The van der Waals surface area contributed by atoms with E-state index in [1.165, 1.54) is 0 Å². The Morgan fingerprint density at radius 1 is 0.541 bits per heavy atom. The van der Waals surface area contributed by atoms with Gasteiger partial charge < -0.3 is 4.74 Å². The summed E-state index contributed by atoms with van der Waals surface area (Å²) >= 11 is 0. The van der Waals surface area contributed by atoms with Gasteiger partial charge in [-0.1, -0.05) is 30.3 Å². The summed E-state index contributed by atoms with van der Waals surface area (Å²) in [5, 5.41) is 44.5. The Balaban J connectivity index is 1.80. The van der Waals surface area contributed by atoms with E-state index in [0.717, 1.165) is 21.2 Å². The number of ether oxygens (including phenoxy) is 1. The van der Waals surface area contributed by atoms with E-state index in [-0.39, 0.29) is 22.8 Å². The molecule has 9 heteroatoms. The zero-order chi connectivity index (χ0) is 25.3. The van der Waals surface area contributed by atoms with Crippen molar-refractivity contribution in [3.05, 3.63) is 114 Å². The van der Waals surface area contributed by atoms with Crippen molar-refractivity contribution in [1.82, 2.24) is 19.9 Å². The molecule has 3 aromatic carbocycles. The lowest BCUT2D eigenvalue weighted by atomic mass is 10.0. The molecule has 0 spiro atoms. The van der Waals surface area contributed by atoms with Gasteiger partial charge in [0.05, 0.1) is 21.3 Å². The monoisotopic (exact) mass is 472 g/mol. The summed E-state index contributed by atoms with van der Waals surface area (Å²) in [6.45, 7) is 0. The first kappa shape index (κ1) is 20.2. The molecule has 0 saturated heterocycles. The third-order valence-corrected chi connectivity index (χ3v) is 6.43. The number of benzene rings is 3. The Bertz CT molecular complexity index is 2460. The maximum absolute atomic E-state index is 9.61. The third-order valence-electron chi connectivity index (χ3n) is 6.43. The number of nitriles is 4. The molecule has 0 aliphatic heterocycles. The molecule has 0 unspecified atom stereocenters. The number of hydrogen-bond donors (Lipinski definition) is 0. The molecule has 0 N–H and O–H groups in total. The van der Waals surface area contributed by atoms with Gasteiger partial charge in [-0.05, 0) is 18.2 Å². The molecule has 5 aromatic rings. The van der Waals surface area contributed by atoms with Gasteiger partial charge in [0.25, 0.3) is 0 Å². The smallest absolute Gasteiger partial charge is 0.177 e. The first-order valence-electron chi connectivity index (χ1n) is 11.0. The Morgan fingerprint density at radius 3 is 1.59 bits per heavy atom. The summed E-state index contributed by atoms with van der Waals surface area (Å²) in [5.41, 5.74) is -0.242. The summed E-state index contributed by atoms with van der Waals surface area (Å²) < 4.78 is 6.33. The van der Waals surface area contributed by atoms with Crippen molar-refractivity contribution >= 4 is 10.8 Å². The second-order valence-corrected chi connectivity index (χ2v) is 8.31. The molecule has 2 aromatic heterocycles. The molecular formula is C28H8N8O. The van der Waals surface area contributed by atoms with E-state index in [9.17, 15) is 21.0 Å². The lowest BCUT2D eigenvalue weighted by Gasteiger charge is -2.08. The van der Waals surface area contributed by atoms with Crippen LogP contribution >= 0.6 is 0 Å². The molecule has 0 atom stereocenters. The average Bonchev–Trinajstić information content (AvgIpc) is 3.43. The van der Waals surface area contributed by atoms with Crippen molar-refractivity contribution in [1.29, 1.82) is 21.0 Å². The van der Waals surface area contributed by atoms with E-state index >= 15 is 0 Å². The van der Waals surface area contributed by atoms with Gasteiger partial charge in [-0.25, -0.2) is 19.9 Å². The van der Waals surface area contributed by atoms with Crippen molar-refractivity contribution in [3.63, 3.8) is 0 Å². The van der Waals surface area contributed by atoms with Gasteiger partial charge in [0, 0.05) is 26.4 Å². The molecule has 2 aliphatic carbocycles. The number of aromatic nitrogens is 4. The van der Waals surface area contributed by atoms with Crippen LogP contribution in [0.5, 0.6) is 11.5 Å². The fourth-order valence-electron chi connectivity index (χ4n) is 4.97. The number of nitrogens with zero attached hydrogens (tertiary/aromatic N) is 8. The van der Waals surface area contributed by atoms with Crippen LogP contribution in [0.4, 0.5) is 0 Å². The number of fused-ring (bicyclic) bond motifs is 2. The molecule has 9 nitrogen and oxygen atoms in total. The topological polar surface area (TPSA) is 156 Å². The summed E-state index contributed by atoms with van der Waals surface area (Å²) in [6.07, 6.45) is 0. The van der Waals surface area contributed by atoms with Gasteiger partial charge >= 0.3 is 0 Å². The Hall–Kier alpha value is -6.16. The van der Waals surface area contributed by atoms with Crippen LogP contribution < -0.4 is 4.74 Å². The van der Waals surface area contributed by atoms with Crippen LogP contribution in [0.3, 0.4) is 0 Å². The molecule has 166 valence electrons. The molecule has 0 amide bonds. The molecule has 0 bridgehead atoms. The molecule has 37 heavy (non-hydrogen) atoms. The van der Waals surface area contributed by atoms with Crippen molar-refractivity contribution in [2.24, 2.45) is 0 Å². The van der Waals surface area contributed by atoms with Gasteiger partial charge in [-0.15, -0.1) is 0 Å². The summed E-state index contributed by atoms with van der Waals surface area (Å²) in [5.74, 6) is 1.03. The first-order chi connectivity index (χ1) is 18.2. The maximum Gasteiger partial charge on any atom is 0.177 e. The van der Waals surface area contributed by atoms with Crippen molar-refractivity contribution < 1.29 is 4.74 Å². The lowest BCUT2D eigenvalue weighted by Crippen LogP contribution is -1.97. The van der Waals surface area contributed by atoms with Crippen LogP contribution in [0.15, 0.2) is 48.5 Å². The predicted octanol–water partition coefficient (Wildman–Crippen LogP) is 3.47. The van der Waals surface area contributed by atoms with E-state index in [2.05, 4.69) is 19.9 Å². The molecule has 0 saturated carbocycles. The van der Waals surface area contributed by atoms with E-state index < -0.39 is 0 Å².